The Morgan fingerprint density at radius 1 is 1.16 bits per heavy atom. The van der Waals surface area contributed by atoms with Crippen molar-refractivity contribution in [2.24, 2.45) is 5.92 Å². The number of nitrogens with zero attached hydrogens (tertiary/aromatic N) is 1. The van der Waals surface area contributed by atoms with Gasteiger partial charge in [0.1, 0.15) is 0 Å². The second-order valence-corrected chi connectivity index (χ2v) is 6.94. The fourth-order valence-electron chi connectivity index (χ4n) is 3.05. The van der Waals surface area contributed by atoms with Gasteiger partial charge in [0, 0.05) is 24.7 Å². The van der Waals surface area contributed by atoms with Crippen LogP contribution in [-0.2, 0) is 0 Å². The average Bonchev–Trinajstić information content (AvgIpc) is 2.40. The topological polar surface area (TPSA) is 15.3 Å². The van der Waals surface area contributed by atoms with Gasteiger partial charge in [0.05, 0.1) is 0 Å². The molecule has 1 heterocycles. The van der Waals surface area contributed by atoms with E-state index in [1.54, 1.807) is 0 Å². The van der Waals surface area contributed by atoms with Crippen LogP contribution in [0.2, 0.25) is 0 Å². The lowest BCUT2D eigenvalue weighted by Crippen LogP contribution is -2.64. The third-order valence-electron chi connectivity index (χ3n) is 5.02. The normalized spacial score (nSPS) is 29.1. The monoisotopic (exact) mass is 268 g/mol. The molecule has 0 aromatic rings. The molecule has 0 amide bonds. The molecule has 2 heteroatoms. The zero-order valence-electron chi connectivity index (χ0n) is 14.0. The van der Waals surface area contributed by atoms with E-state index in [2.05, 4.69) is 44.8 Å². The number of rotatable bonds is 8. The van der Waals surface area contributed by atoms with Gasteiger partial charge in [0.25, 0.3) is 0 Å². The Hall–Kier alpha value is -0.0800. The van der Waals surface area contributed by atoms with Crippen molar-refractivity contribution in [1.29, 1.82) is 0 Å². The fourth-order valence-corrected chi connectivity index (χ4v) is 3.05. The van der Waals surface area contributed by atoms with Crippen LogP contribution in [0.15, 0.2) is 0 Å². The number of unbranched alkanes of at least 4 members (excludes halogenated alkanes) is 4. The first-order valence-electron chi connectivity index (χ1n) is 8.52. The number of hydrogen-bond acceptors (Lipinski definition) is 2. The molecule has 2 unspecified atom stereocenters. The van der Waals surface area contributed by atoms with Crippen molar-refractivity contribution in [1.82, 2.24) is 10.2 Å². The summed E-state index contributed by atoms with van der Waals surface area (Å²) in [4.78, 5) is 2.76. The van der Waals surface area contributed by atoms with Gasteiger partial charge in [-0.05, 0) is 32.2 Å². The minimum atomic E-state index is 0.371. The average molecular weight is 268 g/mol. The molecule has 2 atom stereocenters. The van der Waals surface area contributed by atoms with Crippen LogP contribution in [0.4, 0.5) is 0 Å². The molecule has 1 rings (SSSR count). The van der Waals surface area contributed by atoms with E-state index < -0.39 is 0 Å². The van der Waals surface area contributed by atoms with Gasteiger partial charge >= 0.3 is 0 Å². The van der Waals surface area contributed by atoms with Gasteiger partial charge in [-0.3, -0.25) is 4.90 Å². The summed E-state index contributed by atoms with van der Waals surface area (Å²) in [5.41, 5.74) is 0.371. The standard InChI is InChI=1S/C17H36N2/c1-6-8-9-10-11-12-19-13-16(15(3)4)18-14-17(19,5)7-2/h15-16,18H,6-14H2,1-5H3. The van der Waals surface area contributed by atoms with Crippen molar-refractivity contribution in [3.05, 3.63) is 0 Å². The van der Waals surface area contributed by atoms with Crippen LogP contribution >= 0.6 is 0 Å². The molecular formula is C17H36N2. The Labute approximate surface area is 121 Å². The zero-order chi connectivity index (χ0) is 14.3. The third-order valence-corrected chi connectivity index (χ3v) is 5.02. The molecule has 1 saturated heterocycles. The first kappa shape index (κ1) is 17.0. The summed E-state index contributed by atoms with van der Waals surface area (Å²) in [6.07, 6.45) is 8.19. The van der Waals surface area contributed by atoms with Gasteiger partial charge in [0.15, 0.2) is 0 Å². The van der Waals surface area contributed by atoms with Crippen LogP contribution in [0.1, 0.15) is 73.1 Å². The second kappa shape index (κ2) is 8.26. The van der Waals surface area contributed by atoms with E-state index in [0.29, 0.717) is 11.6 Å². The van der Waals surface area contributed by atoms with Crippen molar-refractivity contribution in [2.75, 3.05) is 19.6 Å². The summed E-state index contributed by atoms with van der Waals surface area (Å²) >= 11 is 0. The van der Waals surface area contributed by atoms with Crippen molar-refractivity contribution >= 4 is 0 Å². The summed E-state index contributed by atoms with van der Waals surface area (Å²) in [7, 11) is 0. The first-order valence-corrected chi connectivity index (χ1v) is 8.52. The van der Waals surface area contributed by atoms with Crippen LogP contribution in [0.25, 0.3) is 0 Å². The van der Waals surface area contributed by atoms with E-state index in [0.717, 1.165) is 12.5 Å². The molecule has 1 aliphatic rings. The first-order chi connectivity index (χ1) is 9.03. The molecule has 1 N–H and O–H groups in total. The molecule has 0 aliphatic carbocycles. The smallest absolute Gasteiger partial charge is 0.0303 e. The van der Waals surface area contributed by atoms with Crippen molar-refractivity contribution < 1.29 is 0 Å². The zero-order valence-corrected chi connectivity index (χ0v) is 14.0. The Bertz CT molecular complexity index is 239. The highest BCUT2D eigenvalue weighted by atomic mass is 15.3. The van der Waals surface area contributed by atoms with Crippen LogP contribution in [0.3, 0.4) is 0 Å². The highest BCUT2D eigenvalue weighted by molar-refractivity contribution is 4.95. The number of hydrogen-bond donors (Lipinski definition) is 1. The van der Waals surface area contributed by atoms with Gasteiger partial charge in [-0.15, -0.1) is 0 Å². The largest absolute Gasteiger partial charge is 0.311 e. The summed E-state index contributed by atoms with van der Waals surface area (Å²) in [6.45, 7) is 15.4. The molecule has 1 aliphatic heterocycles. The van der Waals surface area contributed by atoms with Crippen molar-refractivity contribution in [2.45, 2.75) is 84.7 Å². The maximum Gasteiger partial charge on any atom is 0.0303 e. The van der Waals surface area contributed by atoms with Crippen LogP contribution in [0.5, 0.6) is 0 Å². The molecule has 0 saturated carbocycles. The summed E-state index contributed by atoms with van der Waals surface area (Å²) in [5.74, 6) is 0.740. The van der Waals surface area contributed by atoms with E-state index in [-0.39, 0.29) is 0 Å². The lowest BCUT2D eigenvalue weighted by atomic mass is 9.89. The maximum atomic E-state index is 3.76. The molecule has 0 radical (unpaired) electrons. The predicted molar refractivity (Wildman–Crippen MR) is 85.7 cm³/mol. The highest BCUT2D eigenvalue weighted by Gasteiger charge is 2.36. The minimum Gasteiger partial charge on any atom is -0.311 e. The molecular weight excluding hydrogens is 232 g/mol. The number of nitrogens with one attached hydrogen (secondary N) is 1. The minimum absolute atomic E-state index is 0.371. The molecule has 19 heavy (non-hydrogen) atoms. The summed E-state index contributed by atoms with van der Waals surface area (Å²) in [6, 6.07) is 0.676. The van der Waals surface area contributed by atoms with Crippen molar-refractivity contribution in [3.63, 3.8) is 0 Å². The van der Waals surface area contributed by atoms with E-state index in [4.69, 9.17) is 0 Å². The molecule has 0 spiro atoms. The Morgan fingerprint density at radius 3 is 2.42 bits per heavy atom. The number of piperazine rings is 1. The maximum absolute atomic E-state index is 3.76. The van der Waals surface area contributed by atoms with Gasteiger partial charge in [0.2, 0.25) is 0 Å². The van der Waals surface area contributed by atoms with Crippen molar-refractivity contribution in [3.8, 4) is 0 Å². The van der Waals surface area contributed by atoms with E-state index in [1.807, 2.05) is 0 Å². The summed E-state index contributed by atoms with van der Waals surface area (Å²) in [5, 5.41) is 3.76. The SMILES string of the molecule is CCCCCCCN1CC(C(C)C)NCC1(C)CC. The van der Waals surface area contributed by atoms with Crippen LogP contribution < -0.4 is 5.32 Å². The second-order valence-electron chi connectivity index (χ2n) is 6.94. The summed E-state index contributed by atoms with van der Waals surface area (Å²) < 4.78 is 0. The predicted octanol–water partition coefficient (Wildman–Crippen LogP) is 4.06. The fraction of sp³-hybridized carbons (Fsp3) is 1.00. The lowest BCUT2D eigenvalue weighted by Gasteiger charge is -2.49. The molecule has 2 nitrogen and oxygen atoms in total. The van der Waals surface area contributed by atoms with Gasteiger partial charge in [-0.25, -0.2) is 0 Å². The van der Waals surface area contributed by atoms with Crippen LogP contribution in [-0.4, -0.2) is 36.1 Å². The van der Waals surface area contributed by atoms with Gasteiger partial charge in [-0.2, -0.15) is 0 Å². The Morgan fingerprint density at radius 2 is 1.84 bits per heavy atom. The highest BCUT2D eigenvalue weighted by Crippen LogP contribution is 2.25. The van der Waals surface area contributed by atoms with Crippen LogP contribution in [0, 0.1) is 5.92 Å². The lowest BCUT2D eigenvalue weighted by molar-refractivity contribution is 0.0372. The molecule has 114 valence electrons. The molecule has 0 aromatic carbocycles. The van der Waals surface area contributed by atoms with E-state index >= 15 is 0 Å². The van der Waals surface area contributed by atoms with E-state index in [1.165, 1.54) is 51.6 Å². The van der Waals surface area contributed by atoms with E-state index in [9.17, 15) is 0 Å². The van der Waals surface area contributed by atoms with Gasteiger partial charge in [-0.1, -0.05) is 53.4 Å². The molecule has 1 fully saturated rings. The Kier molecular flexibility index (Phi) is 7.38. The molecule has 0 bridgehead atoms. The third kappa shape index (κ3) is 5.07. The molecule has 0 aromatic heterocycles. The Balaban J connectivity index is 2.43. The van der Waals surface area contributed by atoms with Gasteiger partial charge < -0.3 is 5.32 Å². The quantitative estimate of drug-likeness (QED) is 0.668.